The van der Waals surface area contributed by atoms with Crippen molar-refractivity contribution >= 4 is 68.6 Å². The monoisotopic (exact) mass is 168 g/mol. The predicted molar refractivity (Wildman–Crippen MR) is 28.4 cm³/mol. The Morgan fingerprint density at radius 3 is 1.12 bits per heavy atom. The van der Waals surface area contributed by atoms with Crippen LogP contribution in [0, 0.1) is 0 Å². The van der Waals surface area contributed by atoms with Gasteiger partial charge in [0.1, 0.15) is 6.79 Å². The summed E-state index contributed by atoms with van der Waals surface area (Å²) in [5.74, 6) is 0. The van der Waals surface area contributed by atoms with Crippen LogP contribution in [0.15, 0.2) is 0 Å². The van der Waals surface area contributed by atoms with Crippen LogP contribution >= 0.6 is 0 Å². The van der Waals surface area contributed by atoms with E-state index in [0.29, 0.717) is 0 Å². The Labute approximate surface area is 89.5 Å². The van der Waals surface area contributed by atoms with E-state index in [1.165, 1.54) is 0 Å². The summed E-state index contributed by atoms with van der Waals surface area (Å²) in [5.41, 5.74) is 0. The summed E-state index contributed by atoms with van der Waals surface area (Å²) >= 11 is 0. The van der Waals surface area contributed by atoms with Crippen LogP contribution < -0.4 is 0 Å². The average Bonchev–Trinajstić information content (AvgIpc) is 1.36. The summed E-state index contributed by atoms with van der Waals surface area (Å²) in [6.07, 6.45) is 0. The fourth-order valence-corrected chi connectivity index (χ4v) is 0. The topological polar surface area (TPSA) is 91.7 Å². The molecule has 0 saturated heterocycles. The molecule has 7 heteroatoms. The van der Waals surface area contributed by atoms with E-state index in [-0.39, 0.29) is 51.4 Å². The van der Waals surface area contributed by atoms with E-state index in [4.69, 9.17) is 22.3 Å². The molecule has 0 aliphatic carbocycles. The first kappa shape index (κ1) is 16.1. The summed E-state index contributed by atoms with van der Waals surface area (Å²) in [6, 6.07) is 0. The number of hydrogen-bond acceptors (Lipinski definition) is 3. The van der Waals surface area contributed by atoms with Crippen LogP contribution in [0.25, 0.3) is 0 Å². The van der Waals surface area contributed by atoms with Gasteiger partial charge in [-0.3, -0.25) is 9.11 Å². The summed E-state index contributed by atoms with van der Waals surface area (Å²) in [7, 11) is -4.67. The molecule has 0 radical (unpaired) electrons. The Kier molecular flexibility index (Phi) is 16.4. The van der Waals surface area contributed by atoms with E-state index in [2.05, 4.69) is 0 Å². The molecular weight excluding hydrogens is 163 g/mol. The molecule has 0 heterocycles. The van der Waals surface area contributed by atoms with Crippen molar-refractivity contribution in [1.29, 1.82) is 0 Å². The molecule has 0 aliphatic rings. The summed E-state index contributed by atoms with van der Waals surface area (Å²) in [4.78, 5) is 8.00. The predicted octanol–water partition coefficient (Wildman–Crippen LogP) is -1.49. The molecule has 0 saturated carbocycles. The van der Waals surface area contributed by atoms with Crippen molar-refractivity contribution in [3.05, 3.63) is 0 Å². The Morgan fingerprint density at radius 1 is 1.12 bits per heavy atom. The second-order valence-electron chi connectivity index (χ2n) is 0.448. The molecule has 0 bridgehead atoms. The second-order valence-corrected chi connectivity index (χ2v) is 1.34. The molecule has 0 rings (SSSR count). The van der Waals surface area contributed by atoms with Gasteiger partial charge in [0.05, 0.1) is 0 Å². The van der Waals surface area contributed by atoms with Gasteiger partial charge in [-0.05, 0) is 0 Å². The van der Waals surface area contributed by atoms with Gasteiger partial charge in [-0.15, -0.1) is 0 Å². The molecule has 2 N–H and O–H groups in total. The van der Waals surface area contributed by atoms with Crippen LogP contribution in [0.5, 0.6) is 0 Å². The third-order valence-corrected chi connectivity index (χ3v) is 0. The van der Waals surface area contributed by atoms with Crippen LogP contribution in [0.1, 0.15) is 0 Å². The molecule has 0 spiro atoms. The number of carbonyl (C=O) groups is 1. The molecule has 0 fully saturated rings. The van der Waals surface area contributed by atoms with Gasteiger partial charge < -0.3 is 4.79 Å². The summed E-state index contributed by atoms with van der Waals surface area (Å²) in [5, 5.41) is 0. The van der Waals surface area contributed by atoms with Crippen molar-refractivity contribution in [3.8, 4) is 0 Å². The van der Waals surface area contributed by atoms with Crippen LogP contribution in [0.4, 0.5) is 0 Å². The van der Waals surface area contributed by atoms with Gasteiger partial charge in [0, 0.05) is 0 Å². The van der Waals surface area contributed by atoms with E-state index in [9.17, 15) is 0 Å². The Bertz CT molecular complexity index is 106. The Hall–Kier alpha value is 1.18. The third kappa shape index (κ3) is 198. The molecule has 0 unspecified atom stereocenters. The molecule has 5 nitrogen and oxygen atoms in total. The zero-order chi connectivity index (χ0) is 6.50. The van der Waals surface area contributed by atoms with Crippen molar-refractivity contribution in [2.45, 2.75) is 0 Å². The van der Waals surface area contributed by atoms with Gasteiger partial charge in [-0.2, -0.15) is 8.42 Å². The summed E-state index contributed by atoms with van der Waals surface area (Å²) in [6.45, 7) is 2.00. The number of hydrogen-bond donors (Lipinski definition) is 2. The maximum absolute atomic E-state index is 8.74. The van der Waals surface area contributed by atoms with E-state index < -0.39 is 10.4 Å². The standard InChI is InChI=1S/CH2O.K.H2O4S.H/c1-2;;1-5(2,3)4;/h1H2;;(H2,1,2,3,4);. The molecule has 0 aromatic rings. The van der Waals surface area contributed by atoms with Gasteiger partial charge in [0.2, 0.25) is 0 Å². The van der Waals surface area contributed by atoms with Gasteiger partial charge in [0.25, 0.3) is 0 Å². The molecule has 0 aliphatic heterocycles. The van der Waals surface area contributed by atoms with Crippen molar-refractivity contribution < 1.29 is 22.3 Å². The first-order chi connectivity index (χ1) is 3.00. The quantitative estimate of drug-likeness (QED) is 0.340. The zero-order valence-corrected chi connectivity index (χ0v) is 4.05. The van der Waals surface area contributed by atoms with Gasteiger partial charge in [-0.25, -0.2) is 0 Å². The van der Waals surface area contributed by atoms with E-state index >= 15 is 0 Å². The fourth-order valence-electron chi connectivity index (χ4n) is 0. The van der Waals surface area contributed by atoms with Crippen LogP contribution in [-0.2, 0) is 15.2 Å². The molecular formula is CH5KO5S. The molecule has 0 aromatic carbocycles. The fraction of sp³-hybridized carbons (Fsp3) is 0. The van der Waals surface area contributed by atoms with E-state index in [1.807, 2.05) is 6.79 Å². The minimum absolute atomic E-state index is 0. The first-order valence-corrected chi connectivity index (χ1v) is 2.38. The third-order valence-electron chi connectivity index (χ3n) is 0. The number of rotatable bonds is 0. The van der Waals surface area contributed by atoms with E-state index in [1.54, 1.807) is 0 Å². The second kappa shape index (κ2) is 8.18. The molecule has 0 aromatic heterocycles. The zero-order valence-electron chi connectivity index (χ0n) is 3.23. The molecule has 0 amide bonds. The molecule has 46 valence electrons. The normalized spacial score (nSPS) is 7.75. The van der Waals surface area contributed by atoms with Crippen molar-refractivity contribution in [2.75, 3.05) is 0 Å². The van der Waals surface area contributed by atoms with Crippen LogP contribution in [0.3, 0.4) is 0 Å². The first-order valence-electron chi connectivity index (χ1n) is 0.987. The van der Waals surface area contributed by atoms with E-state index in [0.717, 1.165) is 0 Å². The number of carbonyl (C=O) groups excluding carboxylic acids is 1. The summed E-state index contributed by atoms with van der Waals surface area (Å²) < 4.78 is 31.6. The van der Waals surface area contributed by atoms with Crippen LogP contribution in [-0.4, -0.2) is 75.7 Å². The maximum atomic E-state index is 8.74. The van der Waals surface area contributed by atoms with Crippen molar-refractivity contribution in [2.24, 2.45) is 0 Å². The van der Waals surface area contributed by atoms with Crippen molar-refractivity contribution in [1.82, 2.24) is 0 Å². The van der Waals surface area contributed by atoms with Crippen LogP contribution in [0.2, 0.25) is 0 Å². The van der Waals surface area contributed by atoms with Gasteiger partial charge >= 0.3 is 61.8 Å². The Morgan fingerprint density at radius 2 is 1.12 bits per heavy atom. The van der Waals surface area contributed by atoms with Crippen molar-refractivity contribution in [3.63, 3.8) is 0 Å². The SMILES string of the molecule is C=O.O=S(=O)(O)O.[KH]. The van der Waals surface area contributed by atoms with Gasteiger partial charge in [-0.1, -0.05) is 0 Å². The minimum atomic E-state index is -4.67. The molecule has 0 atom stereocenters. The molecule has 8 heavy (non-hydrogen) atoms. The van der Waals surface area contributed by atoms with Gasteiger partial charge in [0.15, 0.2) is 0 Å². The Balaban J connectivity index is -0.0000000750. The average molecular weight is 168 g/mol.